The van der Waals surface area contributed by atoms with Gasteiger partial charge in [0, 0.05) is 0 Å². The molecule has 0 fully saturated rings. The summed E-state index contributed by atoms with van der Waals surface area (Å²) in [6.45, 7) is 5.08. The first kappa shape index (κ1) is 14.1. The van der Waals surface area contributed by atoms with E-state index in [2.05, 4.69) is 16.1 Å². The number of carbonyl (C=O) groups is 1. The second-order valence-electron chi connectivity index (χ2n) is 3.23. The van der Waals surface area contributed by atoms with Crippen LogP contribution in [0, 0.1) is 0 Å². The Morgan fingerprint density at radius 1 is 1.44 bits per heavy atom. The second kappa shape index (κ2) is 5.57. The summed E-state index contributed by atoms with van der Waals surface area (Å²) in [5, 5.41) is 0. The van der Waals surface area contributed by atoms with Gasteiger partial charge < -0.3 is 9.47 Å². The molecule has 18 heavy (non-hydrogen) atoms. The first-order valence-electron chi connectivity index (χ1n) is 5.06. The number of hydrogen-bond acceptors (Lipinski definition) is 3. The van der Waals surface area contributed by atoms with Crippen molar-refractivity contribution >= 4 is 12.0 Å². The third-order valence-electron chi connectivity index (χ3n) is 1.96. The molecule has 0 atom stereocenters. The highest BCUT2D eigenvalue weighted by molar-refractivity contribution is 5.93. The van der Waals surface area contributed by atoms with Crippen LogP contribution in [0.2, 0.25) is 0 Å². The van der Waals surface area contributed by atoms with Crippen LogP contribution in [0.5, 0.6) is 5.75 Å². The lowest BCUT2D eigenvalue weighted by atomic mass is 10.1. The highest BCUT2D eigenvalue weighted by Crippen LogP contribution is 2.28. The summed E-state index contributed by atoms with van der Waals surface area (Å²) in [5.74, 6) is -1.47. The summed E-state index contributed by atoms with van der Waals surface area (Å²) in [4.78, 5) is 11.5. The smallest absolute Gasteiger partial charge is 0.462 e. The third kappa shape index (κ3) is 3.80. The number of esters is 1. The van der Waals surface area contributed by atoms with E-state index in [0.717, 1.165) is 6.07 Å². The van der Waals surface area contributed by atoms with Crippen LogP contribution in [-0.4, -0.2) is 18.9 Å². The van der Waals surface area contributed by atoms with Crippen LogP contribution in [0.1, 0.15) is 22.8 Å². The zero-order valence-electron chi connectivity index (χ0n) is 9.58. The molecule has 0 aliphatic rings. The molecule has 1 aromatic rings. The van der Waals surface area contributed by atoms with Crippen LogP contribution in [0.4, 0.5) is 13.2 Å². The van der Waals surface area contributed by atoms with Crippen LogP contribution in [0.15, 0.2) is 24.8 Å². The molecule has 0 aliphatic heterocycles. The standard InChI is InChI=1S/C12H11F3O3/c1-3-8-5-6-10(18-12(13,14)15)9(7-8)11(16)17-4-2/h3,5-7H,1,4H2,2H3. The van der Waals surface area contributed by atoms with Crippen LogP contribution in [-0.2, 0) is 4.74 Å². The van der Waals surface area contributed by atoms with Gasteiger partial charge in [-0.3, -0.25) is 0 Å². The average Bonchev–Trinajstić information content (AvgIpc) is 2.27. The van der Waals surface area contributed by atoms with Gasteiger partial charge in [-0.15, -0.1) is 13.2 Å². The highest BCUT2D eigenvalue weighted by Gasteiger charge is 2.33. The van der Waals surface area contributed by atoms with Crippen molar-refractivity contribution in [3.8, 4) is 5.75 Å². The van der Waals surface area contributed by atoms with Crippen molar-refractivity contribution in [2.75, 3.05) is 6.61 Å². The van der Waals surface area contributed by atoms with Crippen molar-refractivity contribution in [1.82, 2.24) is 0 Å². The van der Waals surface area contributed by atoms with E-state index < -0.39 is 18.1 Å². The van der Waals surface area contributed by atoms with E-state index in [1.807, 2.05) is 0 Å². The van der Waals surface area contributed by atoms with E-state index in [1.165, 1.54) is 18.2 Å². The summed E-state index contributed by atoms with van der Waals surface area (Å²) in [6, 6.07) is 3.64. The molecule has 0 aliphatic carbocycles. The Kier molecular flexibility index (Phi) is 4.36. The van der Waals surface area contributed by atoms with E-state index in [1.54, 1.807) is 6.92 Å². The molecule has 0 heterocycles. The molecule has 6 heteroatoms. The molecule has 3 nitrogen and oxygen atoms in total. The van der Waals surface area contributed by atoms with Gasteiger partial charge >= 0.3 is 12.3 Å². The molecular formula is C12H11F3O3. The Morgan fingerprint density at radius 3 is 2.61 bits per heavy atom. The molecule has 0 radical (unpaired) electrons. The maximum Gasteiger partial charge on any atom is 0.573 e. The fourth-order valence-corrected chi connectivity index (χ4v) is 1.26. The predicted octanol–water partition coefficient (Wildman–Crippen LogP) is 3.40. The van der Waals surface area contributed by atoms with Gasteiger partial charge in [0.05, 0.1) is 6.61 Å². The maximum absolute atomic E-state index is 12.2. The van der Waals surface area contributed by atoms with Crippen LogP contribution in [0.25, 0.3) is 6.08 Å². The molecule has 0 aromatic heterocycles. The number of benzene rings is 1. The summed E-state index contributed by atoms with van der Waals surface area (Å²) < 4.78 is 44.9. The van der Waals surface area contributed by atoms with Gasteiger partial charge in [-0.25, -0.2) is 4.79 Å². The molecule has 0 bridgehead atoms. The number of alkyl halides is 3. The number of halogens is 3. The number of hydrogen-bond donors (Lipinski definition) is 0. The highest BCUT2D eigenvalue weighted by atomic mass is 19.4. The summed E-state index contributed by atoms with van der Waals surface area (Å²) in [7, 11) is 0. The molecule has 98 valence electrons. The van der Waals surface area contributed by atoms with E-state index in [4.69, 9.17) is 0 Å². The Hall–Kier alpha value is -1.98. The van der Waals surface area contributed by atoms with E-state index in [-0.39, 0.29) is 12.2 Å². The van der Waals surface area contributed by atoms with Gasteiger partial charge in [-0.1, -0.05) is 18.7 Å². The normalized spacial score (nSPS) is 10.9. The Bertz CT molecular complexity index is 452. The van der Waals surface area contributed by atoms with E-state index >= 15 is 0 Å². The van der Waals surface area contributed by atoms with Gasteiger partial charge in [-0.05, 0) is 24.6 Å². The number of ether oxygens (including phenoxy) is 2. The van der Waals surface area contributed by atoms with Crippen molar-refractivity contribution in [3.05, 3.63) is 35.9 Å². The first-order valence-corrected chi connectivity index (χ1v) is 5.06. The van der Waals surface area contributed by atoms with Crippen molar-refractivity contribution in [3.63, 3.8) is 0 Å². The maximum atomic E-state index is 12.2. The van der Waals surface area contributed by atoms with Gasteiger partial charge in [0.15, 0.2) is 0 Å². The van der Waals surface area contributed by atoms with Crippen molar-refractivity contribution in [2.24, 2.45) is 0 Å². The number of carbonyl (C=O) groups excluding carboxylic acids is 1. The molecule has 0 spiro atoms. The van der Waals surface area contributed by atoms with Crippen LogP contribution in [0.3, 0.4) is 0 Å². The van der Waals surface area contributed by atoms with Crippen molar-refractivity contribution in [1.29, 1.82) is 0 Å². The fourth-order valence-electron chi connectivity index (χ4n) is 1.26. The molecule has 0 amide bonds. The van der Waals surface area contributed by atoms with Crippen LogP contribution >= 0.6 is 0 Å². The Morgan fingerprint density at radius 2 is 2.11 bits per heavy atom. The lowest BCUT2D eigenvalue weighted by Gasteiger charge is -2.13. The van der Waals surface area contributed by atoms with Gasteiger partial charge in [0.2, 0.25) is 0 Å². The lowest BCUT2D eigenvalue weighted by Crippen LogP contribution is -2.19. The molecule has 0 saturated heterocycles. The Balaban J connectivity index is 3.16. The molecule has 0 N–H and O–H groups in total. The minimum atomic E-state index is -4.86. The van der Waals surface area contributed by atoms with Crippen molar-refractivity contribution < 1.29 is 27.4 Å². The van der Waals surface area contributed by atoms with Gasteiger partial charge in [0.1, 0.15) is 11.3 Å². The zero-order chi connectivity index (χ0) is 13.8. The quantitative estimate of drug-likeness (QED) is 0.778. The molecule has 0 unspecified atom stereocenters. The third-order valence-corrected chi connectivity index (χ3v) is 1.96. The largest absolute Gasteiger partial charge is 0.573 e. The molecular weight excluding hydrogens is 249 g/mol. The predicted molar refractivity (Wildman–Crippen MR) is 59.2 cm³/mol. The summed E-state index contributed by atoms with van der Waals surface area (Å²) >= 11 is 0. The zero-order valence-corrected chi connectivity index (χ0v) is 9.58. The van der Waals surface area contributed by atoms with Crippen LogP contribution < -0.4 is 4.74 Å². The minimum absolute atomic E-state index is 0.0581. The first-order chi connectivity index (χ1) is 8.37. The molecule has 0 saturated carbocycles. The topological polar surface area (TPSA) is 35.5 Å². The van der Waals surface area contributed by atoms with Gasteiger partial charge in [0.25, 0.3) is 0 Å². The molecule has 1 aromatic carbocycles. The lowest BCUT2D eigenvalue weighted by molar-refractivity contribution is -0.274. The monoisotopic (exact) mass is 260 g/mol. The summed E-state index contributed by atoms with van der Waals surface area (Å²) in [6.07, 6.45) is -3.46. The average molecular weight is 260 g/mol. The van der Waals surface area contributed by atoms with E-state index in [0.29, 0.717) is 5.56 Å². The second-order valence-corrected chi connectivity index (χ2v) is 3.23. The summed E-state index contributed by atoms with van der Waals surface area (Å²) in [5.41, 5.74) is 0.208. The van der Waals surface area contributed by atoms with Crippen molar-refractivity contribution in [2.45, 2.75) is 13.3 Å². The van der Waals surface area contributed by atoms with E-state index in [9.17, 15) is 18.0 Å². The number of rotatable bonds is 4. The molecule has 1 rings (SSSR count). The fraction of sp³-hybridized carbons (Fsp3) is 0.250. The minimum Gasteiger partial charge on any atom is -0.462 e. The SMILES string of the molecule is C=Cc1ccc(OC(F)(F)F)c(C(=O)OCC)c1. The Labute approximate surface area is 102 Å². The van der Waals surface area contributed by atoms with Gasteiger partial charge in [-0.2, -0.15) is 0 Å².